The smallest absolute Gasteiger partial charge is 0.166 e. The molecule has 1 aromatic rings. The summed E-state index contributed by atoms with van der Waals surface area (Å²) in [5.41, 5.74) is 1.09. The van der Waals surface area contributed by atoms with E-state index in [-0.39, 0.29) is 6.04 Å². The fraction of sp³-hybridized carbons (Fsp3) is 0.556. The van der Waals surface area contributed by atoms with Crippen LogP contribution in [0.3, 0.4) is 0 Å². The lowest BCUT2D eigenvalue weighted by Crippen LogP contribution is -2.34. The molecule has 0 amide bonds. The Morgan fingerprint density at radius 3 is 2.57 bits per heavy atom. The SMILES string of the molecule is CNC(=S)N[C@@H](C)c1sc(C)nc1C. The maximum atomic E-state index is 5.04. The highest BCUT2D eigenvalue weighted by molar-refractivity contribution is 7.80. The highest BCUT2D eigenvalue weighted by atomic mass is 32.1. The summed E-state index contributed by atoms with van der Waals surface area (Å²) < 4.78 is 0. The molecule has 5 heteroatoms. The number of rotatable bonds is 2. The lowest BCUT2D eigenvalue weighted by Gasteiger charge is -2.14. The Kier molecular flexibility index (Phi) is 3.83. The molecule has 0 saturated heterocycles. The van der Waals surface area contributed by atoms with Crippen molar-refractivity contribution in [2.45, 2.75) is 26.8 Å². The molecule has 0 aromatic carbocycles. The standard InChI is InChI=1S/C9H15N3S2/c1-5-8(14-7(3)11-5)6(2)12-9(13)10-4/h6H,1-4H3,(H2,10,12,13)/t6-/m0/s1. The first kappa shape index (κ1) is 11.4. The predicted octanol–water partition coefficient (Wildman–Crippen LogP) is 1.91. The van der Waals surface area contributed by atoms with E-state index in [1.807, 2.05) is 20.9 Å². The highest BCUT2D eigenvalue weighted by Crippen LogP contribution is 2.24. The molecular weight excluding hydrogens is 214 g/mol. The van der Waals surface area contributed by atoms with Crippen molar-refractivity contribution in [2.75, 3.05) is 7.05 Å². The summed E-state index contributed by atoms with van der Waals surface area (Å²) in [4.78, 5) is 5.63. The van der Waals surface area contributed by atoms with Gasteiger partial charge < -0.3 is 10.6 Å². The van der Waals surface area contributed by atoms with Crippen LogP contribution in [0.4, 0.5) is 0 Å². The van der Waals surface area contributed by atoms with Gasteiger partial charge in [0.15, 0.2) is 5.11 Å². The summed E-state index contributed by atoms with van der Waals surface area (Å²) in [5.74, 6) is 0. The summed E-state index contributed by atoms with van der Waals surface area (Å²) in [6.45, 7) is 6.13. The topological polar surface area (TPSA) is 37.0 Å². The number of thiocarbonyl (C=S) groups is 1. The van der Waals surface area contributed by atoms with Crippen LogP contribution in [0.2, 0.25) is 0 Å². The average molecular weight is 229 g/mol. The Morgan fingerprint density at radius 1 is 1.50 bits per heavy atom. The first-order valence-corrected chi connectivity index (χ1v) is 5.69. The quantitative estimate of drug-likeness (QED) is 0.760. The van der Waals surface area contributed by atoms with Gasteiger partial charge in [0.25, 0.3) is 0 Å². The Hall–Kier alpha value is -0.680. The molecule has 0 saturated carbocycles. The zero-order valence-corrected chi connectivity index (χ0v) is 10.5. The van der Waals surface area contributed by atoms with Gasteiger partial charge in [-0.15, -0.1) is 11.3 Å². The number of hydrogen-bond acceptors (Lipinski definition) is 3. The van der Waals surface area contributed by atoms with Gasteiger partial charge in [0, 0.05) is 11.9 Å². The van der Waals surface area contributed by atoms with E-state index in [1.54, 1.807) is 11.3 Å². The minimum absolute atomic E-state index is 0.223. The predicted molar refractivity (Wildman–Crippen MR) is 64.8 cm³/mol. The van der Waals surface area contributed by atoms with E-state index in [2.05, 4.69) is 22.5 Å². The van der Waals surface area contributed by atoms with Crippen LogP contribution in [0, 0.1) is 13.8 Å². The van der Waals surface area contributed by atoms with Gasteiger partial charge in [0.2, 0.25) is 0 Å². The van der Waals surface area contributed by atoms with Crippen LogP contribution in [0.15, 0.2) is 0 Å². The Labute approximate surface area is 93.9 Å². The Morgan fingerprint density at radius 2 is 2.14 bits per heavy atom. The lowest BCUT2D eigenvalue weighted by molar-refractivity contribution is 0.716. The van der Waals surface area contributed by atoms with Crippen molar-refractivity contribution < 1.29 is 0 Å². The van der Waals surface area contributed by atoms with Gasteiger partial charge in [0.05, 0.1) is 16.7 Å². The molecule has 14 heavy (non-hydrogen) atoms. The minimum Gasteiger partial charge on any atom is -0.366 e. The molecule has 2 N–H and O–H groups in total. The van der Waals surface area contributed by atoms with Crippen LogP contribution in [-0.2, 0) is 0 Å². The molecule has 1 heterocycles. The number of aromatic nitrogens is 1. The summed E-state index contributed by atoms with van der Waals surface area (Å²) in [7, 11) is 1.81. The lowest BCUT2D eigenvalue weighted by atomic mass is 10.2. The summed E-state index contributed by atoms with van der Waals surface area (Å²) in [6.07, 6.45) is 0. The van der Waals surface area contributed by atoms with Crippen LogP contribution in [0.1, 0.15) is 28.5 Å². The summed E-state index contributed by atoms with van der Waals surface area (Å²) in [5, 5.41) is 7.86. The molecular formula is C9H15N3S2. The van der Waals surface area contributed by atoms with Crippen LogP contribution in [-0.4, -0.2) is 17.1 Å². The van der Waals surface area contributed by atoms with E-state index < -0.39 is 0 Å². The fourth-order valence-corrected chi connectivity index (χ4v) is 2.39. The van der Waals surface area contributed by atoms with E-state index in [0.29, 0.717) is 5.11 Å². The molecule has 0 aliphatic rings. The monoisotopic (exact) mass is 229 g/mol. The van der Waals surface area contributed by atoms with Gasteiger partial charge >= 0.3 is 0 Å². The van der Waals surface area contributed by atoms with Crippen LogP contribution in [0.25, 0.3) is 0 Å². The van der Waals surface area contributed by atoms with Gasteiger partial charge in [-0.2, -0.15) is 0 Å². The first-order valence-electron chi connectivity index (χ1n) is 4.46. The third kappa shape index (κ3) is 2.65. The third-order valence-electron chi connectivity index (χ3n) is 1.91. The van der Waals surface area contributed by atoms with E-state index in [9.17, 15) is 0 Å². The van der Waals surface area contributed by atoms with Gasteiger partial charge in [-0.3, -0.25) is 0 Å². The van der Waals surface area contributed by atoms with Crippen molar-refractivity contribution in [3.63, 3.8) is 0 Å². The van der Waals surface area contributed by atoms with E-state index in [0.717, 1.165) is 10.7 Å². The Bertz CT molecular complexity index is 333. The van der Waals surface area contributed by atoms with Crippen molar-refractivity contribution in [1.29, 1.82) is 0 Å². The zero-order valence-electron chi connectivity index (χ0n) is 8.84. The number of hydrogen-bond donors (Lipinski definition) is 2. The van der Waals surface area contributed by atoms with Crippen molar-refractivity contribution in [1.82, 2.24) is 15.6 Å². The molecule has 0 unspecified atom stereocenters. The van der Waals surface area contributed by atoms with Gasteiger partial charge in [0.1, 0.15) is 0 Å². The van der Waals surface area contributed by atoms with Crippen molar-refractivity contribution in [2.24, 2.45) is 0 Å². The first-order chi connectivity index (χ1) is 6.54. The van der Waals surface area contributed by atoms with E-state index in [4.69, 9.17) is 12.2 Å². The van der Waals surface area contributed by atoms with Gasteiger partial charge in [-0.05, 0) is 33.0 Å². The second-order valence-electron chi connectivity index (χ2n) is 3.13. The molecule has 0 radical (unpaired) electrons. The largest absolute Gasteiger partial charge is 0.366 e. The molecule has 1 atom stereocenters. The molecule has 0 aliphatic carbocycles. The molecule has 3 nitrogen and oxygen atoms in total. The molecule has 1 aromatic heterocycles. The fourth-order valence-electron chi connectivity index (χ4n) is 1.28. The van der Waals surface area contributed by atoms with Crippen molar-refractivity contribution in [3.8, 4) is 0 Å². The molecule has 78 valence electrons. The third-order valence-corrected chi connectivity index (χ3v) is 3.48. The number of nitrogens with zero attached hydrogens (tertiary/aromatic N) is 1. The van der Waals surface area contributed by atoms with E-state index in [1.165, 1.54) is 4.88 Å². The van der Waals surface area contributed by atoms with Crippen LogP contribution in [0.5, 0.6) is 0 Å². The number of nitrogens with one attached hydrogen (secondary N) is 2. The van der Waals surface area contributed by atoms with Crippen molar-refractivity contribution >= 4 is 28.7 Å². The maximum Gasteiger partial charge on any atom is 0.166 e. The number of thiazole rings is 1. The molecule has 0 bridgehead atoms. The average Bonchev–Trinajstić information content (AvgIpc) is 2.45. The molecule has 0 aliphatic heterocycles. The van der Waals surface area contributed by atoms with Gasteiger partial charge in [-0.1, -0.05) is 0 Å². The molecule has 0 fully saturated rings. The van der Waals surface area contributed by atoms with Gasteiger partial charge in [-0.25, -0.2) is 4.98 Å². The molecule has 0 spiro atoms. The summed E-state index contributed by atoms with van der Waals surface area (Å²) >= 11 is 6.76. The zero-order chi connectivity index (χ0) is 10.7. The van der Waals surface area contributed by atoms with Crippen LogP contribution < -0.4 is 10.6 Å². The van der Waals surface area contributed by atoms with Crippen LogP contribution >= 0.6 is 23.6 Å². The van der Waals surface area contributed by atoms with E-state index >= 15 is 0 Å². The Balaban J connectivity index is 2.73. The maximum absolute atomic E-state index is 5.04. The molecule has 1 rings (SSSR count). The number of aryl methyl sites for hydroxylation is 2. The second-order valence-corrected chi connectivity index (χ2v) is 4.77. The normalized spacial score (nSPS) is 12.3. The highest BCUT2D eigenvalue weighted by Gasteiger charge is 2.12. The minimum atomic E-state index is 0.223. The second kappa shape index (κ2) is 4.70. The summed E-state index contributed by atoms with van der Waals surface area (Å²) in [6, 6.07) is 0.223. The van der Waals surface area contributed by atoms with Crippen molar-refractivity contribution in [3.05, 3.63) is 15.6 Å².